The summed E-state index contributed by atoms with van der Waals surface area (Å²) < 4.78 is 0. The molecule has 1 aliphatic carbocycles. The Bertz CT molecular complexity index is 351. The van der Waals surface area contributed by atoms with Crippen molar-refractivity contribution in [3.8, 4) is 0 Å². The zero-order valence-electron chi connectivity index (χ0n) is 11.7. The van der Waals surface area contributed by atoms with Gasteiger partial charge in [0.05, 0.1) is 0 Å². The molecule has 2 amide bonds. The molecule has 5 heteroatoms. The zero-order valence-corrected chi connectivity index (χ0v) is 11.7. The van der Waals surface area contributed by atoms with Crippen molar-refractivity contribution in [2.24, 2.45) is 5.41 Å². The molecule has 2 rings (SSSR count). The van der Waals surface area contributed by atoms with Gasteiger partial charge in [-0.25, -0.2) is 9.59 Å². The lowest BCUT2D eigenvalue weighted by atomic mass is 9.83. The quantitative estimate of drug-likeness (QED) is 0.821. The van der Waals surface area contributed by atoms with E-state index in [0.29, 0.717) is 19.5 Å². The van der Waals surface area contributed by atoms with Crippen LogP contribution >= 0.6 is 0 Å². The number of amides is 2. The first-order valence-electron chi connectivity index (χ1n) is 7.35. The van der Waals surface area contributed by atoms with Gasteiger partial charge in [-0.2, -0.15) is 0 Å². The summed E-state index contributed by atoms with van der Waals surface area (Å²) in [5, 5.41) is 12.1. The first-order valence-corrected chi connectivity index (χ1v) is 7.35. The highest BCUT2D eigenvalue weighted by Crippen LogP contribution is 2.40. The molecule has 1 unspecified atom stereocenters. The zero-order chi connectivity index (χ0) is 13.9. The predicted octanol–water partition coefficient (Wildman–Crippen LogP) is 2.22. The molecule has 19 heavy (non-hydrogen) atoms. The minimum Gasteiger partial charge on any atom is -0.480 e. The number of likely N-dealkylation sites (tertiary alicyclic amines) is 1. The second-order valence-electron chi connectivity index (χ2n) is 5.91. The fourth-order valence-electron chi connectivity index (χ4n) is 3.41. The van der Waals surface area contributed by atoms with E-state index >= 15 is 0 Å². The summed E-state index contributed by atoms with van der Waals surface area (Å²) in [6.07, 6.45) is 7.26. The summed E-state index contributed by atoms with van der Waals surface area (Å²) in [6, 6.07) is -0.842. The van der Waals surface area contributed by atoms with Gasteiger partial charge in [0.1, 0.15) is 6.04 Å². The average Bonchev–Trinajstić information content (AvgIpc) is 3.05. The number of carbonyl (C=O) groups is 2. The third-order valence-corrected chi connectivity index (χ3v) is 4.83. The highest BCUT2D eigenvalue weighted by atomic mass is 16.4. The molecule has 2 N–H and O–H groups in total. The number of nitrogens with one attached hydrogen (secondary N) is 1. The van der Waals surface area contributed by atoms with Gasteiger partial charge in [0.25, 0.3) is 0 Å². The molecule has 5 nitrogen and oxygen atoms in total. The van der Waals surface area contributed by atoms with Crippen molar-refractivity contribution in [2.75, 3.05) is 13.1 Å². The van der Waals surface area contributed by atoms with E-state index in [4.69, 9.17) is 5.11 Å². The van der Waals surface area contributed by atoms with E-state index in [2.05, 4.69) is 12.2 Å². The molecule has 1 heterocycles. The summed E-state index contributed by atoms with van der Waals surface area (Å²) in [5.41, 5.74) is 0.244. The number of carboxylic acids is 1. The third kappa shape index (κ3) is 3.01. The van der Waals surface area contributed by atoms with Crippen LogP contribution in [0.2, 0.25) is 0 Å². The number of carboxylic acid groups (broad SMARTS) is 1. The summed E-state index contributed by atoms with van der Waals surface area (Å²) in [4.78, 5) is 24.7. The molecule has 1 aliphatic heterocycles. The van der Waals surface area contributed by atoms with Crippen molar-refractivity contribution in [3.63, 3.8) is 0 Å². The van der Waals surface area contributed by atoms with E-state index < -0.39 is 12.0 Å². The number of hydrogen-bond donors (Lipinski definition) is 2. The minimum absolute atomic E-state index is 0.204. The van der Waals surface area contributed by atoms with Gasteiger partial charge in [-0.1, -0.05) is 19.8 Å². The van der Waals surface area contributed by atoms with Gasteiger partial charge in [0.15, 0.2) is 0 Å². The van der Waals surface area contributed by atoms with Crippen molar-refractivity contribution in [1.82, 2.24) is 10.2 Å². The Labute approximate surface area is 114 Å². The second-order valence-corrected chi connectivity index (χ2v) is 5.91. The standard InChI is InChI=1S/C14H24N2O3/c1-2-14(7-3-4-8-14)10-15-13(19)16-9-5-6-11(16)12(17)18/h11H,2-10H2,1H3,(H,15,19)(H,17,18). The van der Waals surface area contributed by atoms with Crippen LogP contribution in [0.5, 0.6) is 0 Å². The molecular formula is C14H24N2O3. The third-order valence-electron chi connectivity index (χ3n) is 4.83. The van der Waals surface area contributed by atoms with Crippen molar-refractivity contribution >= 4 is 12.0 Å². The molecule has 2 aliphatic rings. The Morgan fingerprint density at radius 2 is 2.00 bits per heavy atom. The molecule has 0 spiro atoms. The van der Waals surface area contributed by atoms with Crippen LogP contribution in [0.15, 0.2) is 0 Å². The van der Waals surface area contributed by atoms with Gasteiger partial charge in [0, 0.05) is 13.1 Å². The van der Waals surface area contributed by atoms with Crippen LogP contribution < -0.4 is 5.32 Å². The SMILES string of the molecule is CCC1(CNC(=O)N2CCCC2C(=O)O)CCCC1. The maximum absolute atomic E-state index is 12.1. The van der Waals surface area contributed by atoms with Crippen LogP contribution in [0.1, 0.15) is 51.9 Å². The van der Waals surface area contributed by atoms with E-state index in [1.807, 2.05) is 0 Å². The number of hydrogen-bond acceptors (Lipinski definition) is 2. The second kappa shape index (κ2) is 5.80. The number of nitrogens with zero attached hydrogens (tertiary/aromatic N) is 1. The van der Waals surface area contributed by atoms with E-state index in [9.17, 15) is 9.59 Å². The largest absolute Gasteiger partial charge is 0.480 e. The van der Waals surface area contributed by atoms with Crippen LogP contribution in [0, 0.1) is 5.41 Å². The number of carbonyl (C=O) groups excluding carboxylic acids is 1. The van der Waals surface area contributed by atoms with E-state index in [-0.39, 0.29) is 11.4 Å². The molecule has 108 valence electrons. The Balaban J connectivity index is 1.88. The molecule has 1 saturated carbocycles. The van der Waals surface area contributed by atoms with Crippen molar-refractivity contribution in [2.45, 2.75) is 57.9 Å². The first kappa shape index (κ1) is 14.2. The van der Waals surface area contributed by atoms with E-state index in [1.165, 1.54) is 30.6 Å². The van der Waals surface area contributed by atoms with Crippen LogP contribution in [0.3, 0.4) is 0 Å². The van der Waals surface area contributed by atoms with Crippen molar-refractivity contribution < 1.29 is 14.7 Å². The molecule has 2 fully saturated rings. The molecular weight excluding hydrogens is 244 g/mol. The lowest BCUT2D eigenvalue weighted by Gasteiger charge is -2.30. The fraction of sp³-hybridized carbons (Fsp3) is 0.857. The molecule has 0 aromatic carbocycles. The first-order chi connectivity index (χ1) is 9.08. The maximum Gasteiger partial charge on any atom is 0.326 e. The monoisotopic (exact) mass is 268 g/mol. The summed E-state index contributed by atoms with van der Waals surface area (Å²) in [6.45, 7) is 3.42. The summed E-state index contributed by atoms with van der Waals surface area (Å²) >= 11 is 0. The Kier molecular flexibility index (Phi) is 4.32. The fourth-order valence-corrected chi connectivity index (χ4v) is 3.41. The van der Waals surface area contributed by atoms with Crippen LogP contribution in [0.25, 0.3) is 0 Å². The van der Waals surface area contributed by atoms with Gasteiger partial charge in [-0.05, 0) is 37.5 Å². The van der Waals surface area contributed by atoms with Gasteiger partial charge in [0.2, 0.25) is 0 Å². The molecule has 1 saturated heterocycles. The van der Waals surface area contributed by atoms with Crippen LogP contribution in [-0.2, 0) is 4.79 Å². The van der Waals surface area contributed by atoms with Gasteiger partial charge in [-0.3, -0.25) is 0 Å². The topological polar surface area (TPSA) is 69.6 Å². The molecule has 0 aromatic rings. The number of urea groups is 1. The molecule has 0 radical (unpaired) electrons. The lowest BCUT2D eigenvalue weighted by molar-refractivity contribution is -0.141. The Hall–Kier alpha value is -1.26. The predicted molar refractivity (Wildman–Crippen MR) is 72.0 cm³/mol. The molecule has 0 aromatic heterocycles. The van der Waals surface area contributed by atoms with E-state index in [0.717, 1.165) is 12.8 Å². The summed E-state index contributed by atoms with van der Waals surface area (Å²) in [5.74, 6) is -0.890. The van der Waals surface area contributed by atoms with Gasteiger partial charge in [-0.15, -0.1) is 0 Å². The van der Waals surface area contributed by atoms with Crippen LogP contribution in [-0.4, -0.2) is 41.1 Å². The molecule has 1 atom stereocenters. The minimum atomic E-state index is -0.890. The summed E-state index contributed by atoms with van der Waals surface area (Å²) in [7, 11) is 0. The van der Waals surface area contributed by atoms with Crippen molar-refractivity contribution in [3.05, 3.63) is 0 Å². The van der Waals surface area contributed by atoms with Gasteiger partial charge < -0.3 is 15.3 Å². The Morgan fingerprint density at radius 1 is 1.32 bits per heavy atom. The average molecular weight is 268 g/mol. The van der Waals surface area contributed by atoms with Gasteiger partial charge >= 0.3 is 12.0 Å². The van der Waals surface area contributed by atoms with Crippen LogP contribution in [0.4, 0.5) is 4.79 Å². The highest BCUT2D eigenvalue weighted by molar-refractivity contribution is 5.83. The smallest absolute Gasteiger partial charge is 0.326 e. The molecule has 0 bridgehead atoms. The number of rotatable bonds is 4. The Morgan fingerprint density at radius 3 is 2.58 bits per heavy atom. The van der Waals surface area contributed by atoms with Crippen molar-refractivity contribution in [1.29, 1.82) is 0 Å². The lowest BCUT2D eigenvalue weighted by Crippen LogP contribution is -2.48. The maximum atomic E-state index is 12.1. The normalized spacial score (nSPS) is 25.5. The number of aliphatic carboxylic acids is 1. The van der Waals surface area contributed by atoms with E-state index in [1.54, 1.807) is 0 Å². The highest BCUT2D eigenvalue weighted by Gasteiger charge is 2.36.